The molecule has 4 aliphatic heterocycles. The van der Waals surface area contributed by atoms with Crippen LogP contribution < -0.4 is 19.8 Å². The number of carbonyl (C=O) groups excluding carboxylic acids is 2. The van der Waals surface area contributed by atoms with Gasteiger partial charge in [0.25, 0.3) is 5.95 Å². The van der Waals surface area contributed by atoms with Crippen LogP contribution in [0.5, 0.6) is 0 Å². The van der Waals surface area contributed by atoms with E-state index >= 15 is 4.39 Å². The fourth-order valence-electron chi connectivity index (χ4n) is 8.68. The molecule has 0 spiro atoms. The van der Waals surface area contributed by atoms with Crippen molar-refractivity contribution in [3.05, 3.63) is 90.0 Å². The Kier molecular flexibility index (Phi) is 11.7. The minimum absolute atomic E-state index is 0.0695. The van der Waals surface area contributed by atoms with Gasteiger partial charge in [0.2, 0.25) is 11.8 Å². The summed E-state index contributed by atoms with van der Waals surface area (Å²) in [5.41, 5.74) is 3.02. The first-order valence-electron chi connectivity index (χ1n) is 20.7. The van der Waals surface area contributed by atoms with Gasteiger partial charge >= 0.3 is 10.2 Å². The Morgan fingerprint density at radius 1 is 0.836 bits per heavy atom. The van der Waals surface area contributed by atoms with Crippen molar-refractivity contribution < 1.29 is 22.4 Å². The Labute approximate surface area is 358 Å². The van der Waals surface area contributed by atoms with E-state index in [-0.39, 0.29) is 40.0 Å². The summed E-state index contributed by atoms with van der Waals surface area (Å²) in [4.78, 5) is 49.1. The molecular formula is C42H46ClFN12O4S. The van der Waals surface area contributed by atoms with Crippen LogP contribution in [0.15, 0.2) is 73.6 Å². The average Bonchev–Trinajstić information content (AvgIpc) is 3.99. The van der Waals surface area contributed by atoms with Gasteiger partial charge in [-0.25, -0.2) is 24.0 Å². The SMILES string of the molecule is O=C1CC[C@H](c2ccc(N3CCC(CN4CCN(c5cnc(-n6cc(-c7cc(Cl)cc(NS(=O)(=O)N8CCCC8)c7F)c(-c7ccncc7)n6)nc5)CC4)CC3)nc2)C(=O)N1. The highest BCUT2D eigenvalue weighted by Gasteiger charge is 2.31. The van der Waals surface area contributed by atoms with E-state index in [9.17, 15) is 18.0 Å². The zero-order valence-corrected chi connectivity index (χ0v) is 35.0. The first-order chi connectivity index (χ1) is 29.6. The molecule has 0 bridgehead atoms. The zero-order valence-electron chi connectivity index (χ0n) is 33.5. The number of nitrogens with one attached hydrogen (secondary N) is 2. The van der Waals surface area contributed by atoms with Crippen molar-refractivity contribution in [1.29, 1.82) is 0 Å². The van der Waals surface area contributed by atoms with Crippen LogP contribution in [0, 0.1) is 11.7 Å². The van der Waals surface area contributed by atoms with Crippen LogP contribution in [0.3, 0.4) is 0 Å². The van der Waals surface area contributed by atoms with Crippen LogP contribution in [0.4, 0.5) is 21.6 Å². The summed E-state index contributed by atoms with van der Waals surface area (Å²) in [6.07, 6.45) is 14.7. The number of carbonyl (C=O) groups is 2. The molecule has 8 heterocycles. The summed E-state index contributed by atoms with van der Waals surface area (Å²) in [5, 5.41) is 7.36. The molecule has 4 aliphatic rings. The molecule has 1 atom stereocenters. The van der Waals surface area contributed by atoms with E-state index in [1.165, 1.54) is 21.1 Å². The topological polar surface area (TPSA) is 175 Å². The summed E-state index contributed by atoms with van der Waals surface area (Å²) >= 11 is 6.48. The molecule has 0 saturated carbocycles. The number of piperidine rings is 2. The largest absolute Gasteiger partial charge is 0.366 e. The number of amides is 2. The average molecular weight is 869 g/mol. The summed E-state index contributed by atoms with van der Waals surface area (Å²) < 4.78 is 47.7. The number of piperazine rings is 1. The second-order valence-electron chi connectivity index (χ2n) is 16.0. The molecule has 2 amide bonds. The molecule has 9 rings (SSSR count). The third-order valence-electron chi connectivity index (χ3n) is 12.1. The van der Waals surface area contributed by atoms with Gasteiger partial charge in [-0.3, -0.25) is 29.5 Å². The van der Waals surface area contributed by atoms with Crippen LogP contribution in [0.2, 0.25) is 5.02 Å². The highest BCUT2D eigenvalue weighted by Crippen LogP contribution is 2.38. The Morgan fingerprint density at radius 2 is 1.57 bits per heavy atom. The Hall–Kier alpha value is -5.56. The Morgan fingerprint density at radius 3 is 2.26 bits per heavy atom. The van der Waals surface area contributed by atoms with E-state index in [1.807, 2.05) is 12.1 Å². The number of benzene rings is 1. The highest BCUT2D eigenvalue weighted by molar-refractivity contribution is 7.90. The van der Waals surface area contributed by atoms with E-state index in [2.05, 4.69) is 44.7 Å². The maximum Gasteiger partial charge on any atom is 0.301 e. The van der Waals surface area contributed by atoms with E-state index in [1.54, 1.807) is 49.3 Å². The lowest BCUT2D eigenvalue weighted by molar-refractivity contribution is -0.134. The molecule has 0 aliphatic carbocycles. The maximum absolute atomic E-state index is 16.3. The number of nitrogens with zero attached hydrogens (tertiary/aromatic N) is 10. The Balaban J connectivity index is 0.824. The number of hydrogen-bond donors (Lipinski definition) is 2. The molecule has 0 unspecified atom stereocenters. The van der Waals surface area contributed by atoms with E-state index in [0.29, 0.717) is 48.7 Å². The van der Waals surface area contributed by atoms with Crippen molar-refractivity contribution >= 4 is 50.8 Å². The van der Waals surface area contributed by atoms with Crippen LogP contribution in [0.1, 0.15) is 50.0 Å². The predicted molar refractivity (Wildman–Crippen MR) is 229 cm³/mol. The molecule has 19 heteroatoms. The maximum atomic E-state index is 16.3. The molecule has 1 aromatic carbocycles. The number of anilines is 3. The molecular weight excluding hydrogens is 823 g/mol. The van der Waals surface area contributed by atoms with Crippen molar-refractivity contribution in [3.63, 3.8) is 0 Å². The van der Waals surface area contributed by atoms with E-state index in [0.717, 1.165) is 88.6 Å². The molecule has 2 N–H and O–H groups in total. The molecule has 318 valence electrons. The molecule has 4 aromatic heterocycles. The summed E-state index contributed by atoms with van der Waals surface area (Å²) in [7, 11) is -3.98. The normalized spacial score (nSPS) is 19.7. The van der Waals surface area contributed by atoms with Crippen LogP contribution in [-0.4, -0.2) is 118 Å². The third kappa shape index (κ3) is 8.94. The lowest BCUT2D eigenvalue weighted by Crippen LogP contribution is -2.49. The van der Waals surface area contributed by atoms with E-state index in [4.69, 9.17) is 16.7 Å². The van der Waals surface area contributed by atoms with Crippen molar-refractivity contribution in [1.82, 2.24) is 44.2 Å². The zero-order chi connectivity index (χ0) is 42.1. The first-order valence-corrected chi connectivity index (χ1v) is 22.5. The van der Waals surface area contributed by atoms with Gasteiger partial charge in [0.1, 0.15) is 11.5 Å². The molecule has 4 saturated heterocycles. The fraction of sp³-hybridized carbons (Fsp3) is 0.405. The number of rotatable bonds is 11. The van der Waals surface area contributed by atoms with Crippen molar-refractivity contribution in [2.45, 2.75) is 44.4 Å². The lowest BCUT2D eigenvalue weighted by atomic mass is 9.91. The number of aromatic nitrogens is 6. The number of pyridine rings is 2. The van der Waals surface area contributed by atoms with Crippen molar-refractivity contribution in [3.8, 4) is 28.3 Å². The van der Waals surface area contributed by atoms with Gasteiger partial charge in [-0.15, -0.1) is 0 Å². The molecule has 16 nitrogen and oxygen atoms in total. The van der Waals surface area contributed by atoms with Gasteiger partial charge in [0.05, 0.1) is 29.7 Å². The molecule has 0 radical (unpaired) electrons. The summed E-state index contributed by atoms with van der Waals surface area (Å²) in [6.45, 7) is 7.14. The number of halogens is 2. The van der Waals surface area contributed by atoms with Gasteiger partial charge in [-0.05, 0) is 73.9 Å². The van der Waals surface area contributed by atoms with Gasteiger partial charge in [-0.1, -0.05) is 17.7 Å². The van der Waals surface area contributed by atoms with Gasteiger partial charge in [0, 0.05) is 112 Å². The van der Waals surface area contributed by atoms with E-state index < -0.39 is 16.0 Å². The predicted octanol–water partition coefficient (Wildman–Crippen LogP) is 4.89. The van der Waals surface area contributed by atoms with Crippen LogP contribution in [-0.2, 0) is 19.8 Å². The van der Waals surface area contributed by atoms with Gasteiger partial charge in [-0.2, -0.15) is 17.8 Å². The lowest BCUT2D eigenvalue weighted by Gasteiger charge is -2.39. The highest BCUT2D eigenvalue weighted by atomic mass is 35.5. The minimum atomic E-state index is -3.98. The van der Waals surface area contributed by atoms with Crippen molar-refractivity contribution in [2.24, 2.45) is 5.92 Å². The standard InChI is InChI=1S/C42H46ClFN12O4S/c43-31-21-34(39(44)36(22-31)51-61(59,60)55-13-1-2-14-55)35-27-56(50-40(35)29-7-11-45-12-8-29)42-47-24-32(25-48-42)53-19-17-52(18-20-53)26-28-9-15-54(16-10-28)37-5-3-30(23-46-37)33-4-6-38(57)49-41(33)58/h3,5,7-8,11-12,21-25,27-28,33,51H,1-2,4,6,9-10,13-20,26H2,(H,49,57,58)/t33-/m1/s1. The minimum Gasteiger partial charge on any atom is -0.366 e. The summed E-state index contributed by atoms with van der Waals surface area (Å²) in [6, 6.07) is 10.2. The molecule has 61 heavy (non-hydrogen) atoms. The quantitative estimate of drug-likeness (QED) is 0.172. The fourth-order valence-corrected chi connectivity index (χ4v) is 10.2. The third-order valence-corrected chi connectivity index (χ3v) is 13.8. The molecule has 4 fully saturated rings. The smallest absolute Gasteiger partial charge is 0.301 e. The van der Waals surface area contributed by atoms with Crippen molar-refractivity contribution in [2.75, 3.05) is 73.4 Å². The van der Waals surface area contributed by atoms with Gasteiger partial charge in [0.15, 0.2) is 5.82 Å². The van der Waals surface area contributed by atoms with Crippen LogP contribution in [0.25, 0.3) is 28.3 Å². The number of imide groups is 1. The summed E-state index contributed by atoms with van der Waals surface area (Å²) in [5.74, 6) is 0.227. The monoisotopic (exact) mass is 868 g/mol. The van der Waals surface area contributed by atoms with Crippen LogP contribution >= 0.6 is 11.6 Å². The van der Waals surface area contributed by atoms with Gasteiger partial charge < -0.3 is 9.80 Å². The second-order valence-corrected chi connectivity index (χ2v) is 18.1. The number of hydrogen-bond acceptors (Lipinski definition) is 12. The second kappa shape index (κ2) is 17.4. The molecule has 5 aromatic rings. The first kappa shape index (κ1) is 40.8. The Bertz CT molecular complexity index is 2490.